The van der Waals surface area contributed by atoms with Gasteiger partial charge in [0.05, 0.1) is 31.7 Å². The van der Waals surface area contributed by atoms with E-state index in [4.69, 9.17) is 15.3 Å². The number of hydrogen-bond donors (Lipinski definition) is 1. The van der Waals surface area contributed by atoms with Crippen LogP contribution >= 0.6 is 0 Å². The van der Waals surface area contributed by atoms with E-state index in [0.717, 1.165) is 44.1 Å². The van der Waals surface area contributed by atoms with E-state index >= 15 is 0 Å². The number of pyridine rings is 2. The molecule has 0 unspecified atom stereocenters. The highest BCUT2D eigenvalue weighted by molar-refractivity contribution is 5.79. The number of nitrogens with zero attached hydrogens (tertiary/aromatic N) is 4. The molecule has 1 aliphatic rings. The van der Waals surface area contributed by atoms with Crippen molar-refractivity contribution in [2.75, 3.05) is 37.8 Å². The Balaban J connectivity index is 1.69. The van der Waals surface area contributed by atoms with E-state index in [-0.39, 0.29) is 0 Å². The minimum Gasteiger partial charge on any atom is -0.477 e. The van der Waals surface area contributed by atoms with E-state index < -0.39 is 0 Å². The summed E-state index contributed by atoms with van der Waals surface area (Å²) in [5.41, 5.74) is 2.70. The van der Waals surface area contributed by atoms with Crippen molar-refractivity contribution in [3.63, 3.8) is 0 Å². The fourth-order valence-corrected chi connectivity index (χ4v) is 2.54. The van der Waals surface area contributed by atoms with Gasteiger partial charge in [-0.25, -0.2) is 4.98 Å². The van der Waals surface area contributed by atoms with Crippen LogP contribution in [0.25, 0.3) is 0 Å². The molecule has 0 aliphatic carbocycles. The molecule has 0 aromatic carbocycles. The number of rotatable bonds is 6. The van der Waals surface area contributed by atoms with E-state index in [1.165, 1.54) is 6.21 Å². The summed E-state index contributed by atoms with van der Waals surface area (Å²) < 4.78 is 11.2. The van der Waals surface area contributed by atoms with E-state index in [0.29, 0.717) is 18.2 Å². The van der Waals surface area contributed by atoms with Crippen molar-refractivity contribution in [1.29, 1.82) is 0 Å². The molecular formula is C17H21N5O2. The molecule has 0 amide bonds. The van der Waals surface area contributed by atoms with Gasteiger partial charge in [0.25, 0.3) is 0 Å². The molecule has 1 aliphatic heterocycles. The second-order valence-electron chi connectivity index (χ2n) is 5.39. The summed E-state index contributed by atoms with van der Waals surface area (Å²) in [5, 5.41) is 3.56. The highest BCUT2D eigenvalue weighted by Gasteiger charge is 2.13. The summed E-state index contributed by atoms with van der Waals surface area (Å²) in [7, 11) is 0. The van der Waals surface area contributed by atoms with Gasteiger partial charge in [0, 0.05) is 43.2 Å². The Labute approximate surface area is 141 Å². The molecule has 7 nitrogen and oxygen atoms in total. The lowest BCUT2D eigenvalue weighted by molar-refractivity contribution is 0.122. The Hall–Kier alpha value is -2.67. The van der Waals surface area contributed by atoms with Gasteiger partial charge in [0.15, 0.2) is 0 Å². The molecule has 2 N–H and O–H groups in total. The van der Waals surface area contributed by atoms with Gasteiger partial charge in [-0.3, -0.25) is 4.98 Å². The summed E-state index contributed by atoms with van der Waals surface area (Å²) in [4.78, 5) is 10.9. The highest BCUT2D eigenvalue weighted by atomic mass is 16.5. The second-order valence-corrected chi connectivity index (χ2v) is 5.39. The lowest BCUT2D eigenvalue weighted by atomic mass is 10.2. The molecule has 126 valence electrons. The standard InChI is InChI=1S/C17H21N5O2/c18-20-13-15-11-16(22-6-9-23-10-7-22)12-17(21-15)24-8-4-14-3-1-2-5-19-14/h1-3,5,11-13H,4,6-10,18H2. The molecule has 0 spiro atoms. The zero-order valence-corrected chi connectivity index (χ0v) is 13.5. The van der Waals surface area contributed by atoms with E-state index in [2.05, 4.69) is 20.0 Å². The molecular weight excluding hydrogens is 306 g/mol. The van der Waals surface area contributed by atoms with Crippen molar-refractivity contribution in [3.8, 4) is 5.88 Å². The van der Waals surface area contributed by atoms with Gasteiger partial charge in [-0.15, -0.1) is 0 Å². The van der Waals surface area contributed by atoms with Gasteiger partial charge in [-0.05, 0) is 18.2 Å². The second kappa shape index (κ2) is 8.26. The van der Waals surface area contributed by atoms with Crippen LogP contribution in [0.15, 0.2) is 41.6 Å². The van der Waals surface area contributed by atoms with Crippen LogP contribution in [0.3, 0.4) is 0 Å². The highest BCUT2D eigenvalue weighted by Crippen LogP contribution is 2.22. The number of anilines is 1. The first-order valence-electron chi connectivity index (χ1n) is 7.96. The SMILES string of the molecule is NN=Cc1cc(N2CCOCC2)cc(OCCc2ccccn2)n1. The number of ether oxygens (including phenoxy) is 2. The number of hydrogen-bond acceptors (Lipinski definition) is 7. The lowest BCUT2D eigenvalue weighted by Gasteiger charge is -2.29. The van der Waals surface area contributed by atoms with Crippen molar-refractivity contribution in [2.45, 2.75) is 6.42 Å². The quantitative estimate of drug-likeness (QED) is 0.488. The topological polar surface area (TPSA) is 85.9 Å². The Morgan fingerprint density at radius 2 is 2.17 bits per heavy atom. The van der Waals surface area contributed by atoms with Crippen molar-refractivity contribution in [3.05, 3.63) is 47.9 Å². The molecule has 24 heavy (non-hydrogen) atoms. The van der Waals surface area contributed by atoms with Crippen molar-refractivity contribution in [2.24, 2.45) is 10.9 Å². The first-order valence-corrected chi connectivity index (χ1v) is 7.96. The third-order valence-electron chi connectivity index (χ3n) is 3.72. The van der Waals surface area contributed by atoms with Crippen LogP contribution in [0, 0.1) is 0 Å². The third kappa shape index (κ3) is 4.42. The van der Waals surface area contributed by atoms with Crippen LogP contribution < -0.4 is 15.5 Å². The maximum atomic E-state index is 5.82. The summed E-state index contributed by atoms with van der Waals surface area (Å²) in [5.74, 6) is 5.82. The zero-order valence-electron chi connectivity index (χ0n) is 13.5. The average molecular weight is 327 g/mol. The molecule has 1 fully saturated rings. The first-order chi connectivity index (χ1) is 11.8. The molecule has 2 aromatic rings. The van der Waals surface area contributed by atoms with E-state index in [1.807, 2.05) is 30.3 Å². The third-order valence-corrected chi connectivity index (χ3v) is 3.72. The molecule has 0 radical (unpaired) electrons. The summed E-state index contributed by atoms with van der Waals surface area (Å²) >= 11 is 0. The number of morpholine rings is 1. The molecule has 3 heterocycles. The Morgan fingerprint density at radius 1 is 1.29 bits per heavy atom. The van der Waals surface area contributed by atoms with Gasteiger partial charge in [0.2, 0.25) is 5.88 Å². The largest absolute Gasteiger partial charge is 0.477 e. The normalized spacial score (nSPS) is 14.9. The fraction of sp³-hybridized carbons (Fsp3) is 0.353. The van der Waals surface area contributed by atoms with Crippen molar-refractivity contribution < 1.29 is 9.47 Å². The molecule has 7 heteroatoms. The van der Waals surface area contributed by atoms with Gasteiger partial charge in [-0.2, -0.15) is 5.10 Å². The van der Waals surface area contributed by atoms with E-state index in [9.17, 15) is 0 Å². The van der Waals surface area contributed by atoms with Gasteiger partial charge in [-0.1, -0.05) is 6.07 Å². The van der Waals surface area contributed by atoms with Gasteiger partial charge < -0.3 is 20.2 Å². The summed E-state index contributed by atoms with van der Waals surface area (Å²) in [6.45, 7) is 3.64. The number of nitrogens with two attached hydrogens (primary N) is 1. The van der Waals surface area contributed by atoms with Crippen molar-refractivity contribution >= 4 is 11.9 Å². The summed E-state index contributed by atoms with van der Waals surface area (Å²) in [6, 6.07) is 9.74. The van der Waals surface area contributed by atoms with Crippen LogP contribution in [0.1, 0.15) is 11.4 Å². The minimum absolute atomic E-state index is 0.510. The van der Waals surface area contributed by atoms with Gasteiger partial charge >= 0.3 is 0 Å². The first kappa shape index (κ1) is 16.2. The Kier molecular flexibility index (Phi) is 5.57. The smallest absolute Gasteiger partial charge is 0.215 e. The molecule has 0 saturated carbocycles. The predicted octanol–water partition coefficient (Wildman–Crippen LogP) is 1.23. The Morgan fingerprint density at radius 3 is 2.92 bits per heavy atom. The molecule has 0 bridgehead atoms. The maximum Gasteiger partial charge on any atom is 0.215 e. The zero-order chi connectivity index (χ0) is 16.6. The molecule has 3 rings (SSSR count). The average Bonchev–Trinajstić information content (AvgIpc) is 2.63. The summed E-state index contributed by atoms with van der Waals surface area (Å²) in [6.07, 6.45) is 4.03. The van der Waals surface area contributed by atoms with Crippen LogP contribution in [0.4, 0.5) is 5.69 Å². The molecule has 1 saturated heterocycles. The van der Waals surface area contributed by atoms with Crippen molar-refractivity contribution in [1.82, 2.24) is 9.97 Å². The van der Waals surface area contributed by atoms with Crippen LogP contribution in [-0.4, -0.2) is 49.1 Å². The monoisotopic (exact) mass is 327 g/mol. The maximum absolute atomic E-state index is 5.82. The number of hydrazone groups is 1. The van der Waals surface area contributed by atoms with Crippen LogP contribution in [0.2, 0.25) is 0 Å². The van der Waals surface area contributed by atoms with Gasteiger partial charge in [0.1, 0.15) is 0 Å². The fourth-order valence-electron chi connectivity index (χ4n) is 2.54. The Bertz CT molecular complexity index is 672. The van der Waals surface area contributed by atoms with Crippen LogP contribution in [-0.2, 0) is 11.2 Å². The minimum atomic E-state index is 0.510. The number of aromatic nitrogens is 2. The molecule has 2 aromatic heterocycles. The van der Waals surface area contributed by atoms with Crippen LogP contribution in [0.5, 0.6) is 5.88 Å². The van der Waals surface area contributed by atoms with E-state index in [1.54, 1.807) is 6.20 Å². The lowest BCUT2D eigenvalue weighted by Crippen LogP contribution is -2.36. The molecule has 0 atom stereocenters. The predicted molar refractivity (Wildman–Crippen MR) is 92.5 cm³/mol.